The molecule has 3 aromatic rings. The number of ether oxygens (including phenoxy) is 1. The summed E-state index contributed by atoms with van der Waals surface area (Å²) in [6.07, 6.45) is -5.65. The molecule has 0 aliphatic carbocycles. The van der Waals surface area contributed by atoms with Gasteiger partial charge >= 0.3 is 12.3 Å². The van der Waals surface area contributed by atoms with Gasteiger partial charge in [-0.25, -0.2) is 18.7 Å². The molecule has 0 amide bonds. The van der Waals surface area contributed by atoms with E-state index in [0.717, 1.165) is 16.7 Å². The number of rotatable bonds is 4. The van der Waals surface area contributed by atoms with Gasteiger partial charge in [-0.3, -0.25) is 4.79 Å². The number of imidazole rings is 1. The molecule has 172 valence electrons. The van der Waals surface area contributed by atoms with E-state index < -0.39 is 42.1 Å². The fourth-order valence-electron chi connectivity index (χ4n) is 3.17. The van der Waals surface area contributed by atoms with Crippen LogP contribution in [-0.4, -0.2) is 32.0 Å². The molecule has 0 saturated heterocycles. The van der Waals surface area contributed by atoms with Crippen LogP contribution in [0.4, 0.5) is 28.0 Å². The Labute approximate surface area is 180 Å². The third-order valence-electron chi connectivity index (χ3n) is 4.49. The molecule has 0 atom stereocenters. The molecule has 0 aliphatic rings. The van der Waals surface area contributed by atoms with Gasteiger partial charge < -0.3 is 15.0 Å². The van der Waals surface area contributed by atoms with Gasteiger partial charge in [0.1, 0.15) is 17.2 Å². The number of alkyl halides is 3. The van der Waals surface area contributed by atoms with Crippen molar-refractivity contribution in [1.29, 1.82) is 0 Å². The number of hydrogen-bond donors (Lipinski definition) is 1. The molecular weight excluding hydrogens is 432 g/mol. The summed E-state index contributed by atoms with van der Waals surface area (Å²) >= 11 is 0. The monoisotopic (exact) mass is 454 g/mol. The zero-order chi connectivity index (χ0) is 23.8. The molecule has 3 rings (SSSR count). The highest BCUT2D eigenvalue weighted by Gasteiger charge is 2.29. The molecule has 0 unspecified atom stereocenters. The average molecular weight is 454 g/mol. The summed E-state index contributed by atoms with van der Waals surface area (Å²) in [5, 5.41) is 0. The maximum Gasteiger partial charge on any atom is 0.420 e. The Kier molecular flexibility index (Phi) is 6.03. The summed E-state index contributed by atoms with van der Waals surface area (Å²) in [7, 11) is 0. The SMILES string of the molecule is CC(C)(C)OC(=O)n1c(Cn2cccc(N)c2=O)nc2c(CCC(F)(F)F)cc(F)cc21. The topological polar surface area (TPSA) is 92.1 Å². The van der Waals surface area contributed by atoms with Crippen molar-refractivity contribution in [3.63, 3.8) is 0 Å². The number of nitrogens with zero attached hydrogens (tertiary/aromatic N) is 3. The number of aromatic nitrogens is 3. The van der Waals surface area contributed by atoms with E-state index >= 15 is 0 Å². The van der Waals surface area contributed by atoms with Crippen LogP contribution >= 0.6 is 0 Å². The number of nitrogens with two attached hydrogens (primary N) is 1. The van der Waals surface area contributed by atoms with Crippen molar-refractivity contribution in [1.82, 2.24) is 14.1 Å². The first kappa shape index (κ1) is 23.3. The molecule has 2 aromatic heterocycles. The highest BCUT2D eigenvalue weighted by molar-refractivity contribution is 5.89. The molecule has 0 radical (unpaired) electrons. The molecule has 0 aliphatic heterocycles. The number of anilines is 1. The van der Waals surface area contributed by atoms with Crippen molar-refractivity contribution >= 4 is 22.8 Å². The molecule has 11 heteroatoms. The van der Waals surface area contributed by atoms with Crippen LogP contribution in [0, 0.1) is 5.82 Å². The Bertz CT molecular complexity index is 1220. The van der Waals surface area contributed by atoms with Gasteiger partial charge in [-0.2, -0.15) is 13.2 Å². The van der Waals surface area contributed by atoms with Crippen LogP contribution in [0.25, 0.3) is 11.0 Å². The van der Waals surface area contributed by atoms with Gasteiger partial charge in [-0.15, -0.1) is 0 Å². The molecule has 0 saturated carbocycles. The highest BCUT2D eigenvalue weighted by Crippen LogP contribution is 2.28. The minimum atomic E-state index is -4.45. The van der Waals surface area contributed by atoms with E-state index in [1.165, 1.54) is 22.9 Å². The predicted molar refractivity (Wildman–Crippen MR) is 110 cm³/mol. The first-order chi connectivity index (χ1) is 14.7. The van der Waals surface area contributed by atoms with E-state index in [1.807, 2.05) is 0 Å². The molecule has 2 heterocycles. The number of halogens is 4. The fourth-order valence-corrected chi connectivity index (χ4v) is 3.17. The van der Waals surface area contributed by atoms with E-state index in [0.29, 0.717) is 0 Å². The molecule has 32 heavy (non-hydrogen) atoms. The summed E-state index contributed by atoms with van der Waals surface area (Å²) in [6, 6.07) is 4.87. The smallest absolute Gasteiger partial charge is 0.420 e. The van der Waals surface area contributed by atoms with Gasteiger partial charge in [0, 0.05) is 18.7 Å². The number of pyridine rings is 1. The van der Waals surface area contributed by atoms with Crippen LogP contribution in [0.5, 0.6) is 0 Å². The van der Waals surface area contributed by atoms with Crippen LogP contribution in [0.2, 0.25) is 0 Å². The highest BCUT2D eigenvalue weighted by atomic mass is 19.4. The molecule has 1 aromatic carbocycles. The number of carbonyl (C=O) groups is 1. The maximum absolute atomic E-state index is 14.3. The molecule has 0 spiro atoms. The maximum atomic E-state index is 14.3. The molecule has 2 N–H and O–H groups in total. The normalized spacial score (nSPS) is 12.3. The lowest BCUT2D eigenvalue weighted by Gasteiger charge is -2.20. The molecule has 0 fully saturated rings. The zero-order valence-corrected chi connectivity index (χ0v) is 17.7. The largest absolute Gasteiger partial charge is 0.443 e. The Balaban J connectivity index is 2.19. The first-order valence-electron chi connectivity index (χ1n) is 9.70. The van der Waals surface area contributed by atoms with Crippen molar-refractivity contribution in [3.8, 4) is 0 Å². The number of aryl methyl sites for hydroxylation is 1. The summed E-state index contributed by atoms with van der Waals surface area (Å²) in [5.74, 6) is -0.840. The second-order valence-electron chi connectivity index (χ2n) is 8.29. The predicted octanol–water partition coefficient (Wildman–Crippen LogP) is 4.25. The van der Waals surface area contributed by atoms with Crippen LogP contribution in [-0.2, 0) is 17.7 Å². The lowest BCUT2D eigenvalue weighted by atomic mass is 10.1. The van der Waals surface area contributed by atoms with Gasteiger partial charge in [-0.1, -0.05) is 0 Å². The number of benzene rings is 1. The third-order valence-corrected chi connectivity index (χ3v) is 4.49. The van der Waals surface area contributed by atoms with Crippen molar-refractivity contribution in [2.24, 2.45) is 0 Å². The van der Waals surface area contributed by atoms with Crippen molar-refractivity contribution in [2.45, 2.75) is 51.9 Å². The minimum Gasteiger partial charge on any atom is -0.443 e. The summed E-state index contributed by atoms with van der Waals surface area (Å²) < 4.78 is 60.1. The van der Waals surface area contributed by atoms with Crippen LogP contribution in [0.3, 0.4) is 0 Å². The van der Waals surface area contributed by atoms with Gasteiger partial charge in [0.2, 0.25) is 0 Å². The van der Waals surface area contributed by atoms with E-state index in [-0.39, 0.29) is 34.7 Å². The van der Waals surface area contributed by atoms with Crippen LogP contribution < -0.4 is 11.3 Å². The molecule has 7 nitrogen and oxygen atoms in total. The zero-order valence-electron chi connectivity index (χ0n) is 17.7. The van der Waals surface area contributed by atoms with E-state index in [1.54, 1.807) is 20.8 Å². The molecular formula is C21H22F4N4O3. The van der Waals surface area contributed by atoms with E-state index in [9.17, 15) is 27.2 Å². The van der Waals surface area contributed by atoms with Crippen molar-refractivity contribution < 1.29 is 27.1 Å². The van der Waals surface area contributed by atoms with Crippen LogP contribution in [0.15, 0.2) is 35.3 Å². The standard InChI is InChI=1S/C21H22F4N4O3/c1-20(2,3)32-19(31)29-15-10-13(22)9-12(6-7-21(23,24)25)17(15)27-16(29)11-28-8-4-5-14(26)18(28)30/h4-5,8-10H,6-7,11,26H2,1-3H3. The van der Waals surface area contributed by atoms with E-state index in [2.05, 4.69) is 4.98 Å². The van der Waals surface area contributed by atoms with E-state index in [4.69, 9.17) is 10.5 Å². The van der Waals surface area contributed by atoms with Crippen molar-refractivity contribution in [2.75, 3.05) is 5.73 Å². The second-order valence-corrected chi connectivity index (χ2v) is 8.29. The Morgan fingerprint density at radius 1 is 1.22 bits per heavy atom. The first-order valence-corrected chi connectivity index (χ1v) is 9.70. The summed E-state index contributed by atoms with van der Waals surface area (Å²) in [6.45, 7) is 4.64. The van der Waals surface area contributed by atoms with Gasteiger partial charge in [-0.05, 0) is 51.0 Å². The Morgan fingerprint density at radius 3 is 2.53 bits per heavy atom. The quantitative estimate of drug-likeness (QED) is 0.596. The second kappa shape index (κ2) is 8.29. The average Bonchev–Trinajstić information content (AvgIpc) is 2.99. The van der Waals surface area contributed by atoms with Gasteiger partial charge in [0.15, 0.2) is 0 Å². The van der Waals surface area contributed by atoms with Gasteiger partial charge in [0.05, 0.1) is 23.3 Å². The third kappa shape index (κ3) is 5.27. The number of nitrogen functional groups attached to an aromatic ring is 1. The summed E-state index contributed by atoms with van der Waals surface area (Å²) in [5.41, 5.74) is 4.11. The summed E-state index contributed by atoms with van der Waals surface area (Å²) in [4.78, 5) is 29.6. The fraction of sp³-hybridized carbons (Fsp3) is 0.381. The van der Waals surface area contributed by atoms with Crippen molar-refractivity contribution in [3.05, 3.63) is 58.0 Å². The van der Waals surface area contributed by atoms with Gasteiger partial charge in [0.25, 0.3) is 5.56 Å². The molecule has 0 bridgehead atoms. The number of fused-ring (bicyclic) bond motifs is 1. The Hall–Kier alpha value is -3.37. The lowest BCUT2D eigenvalue weighted by molar-refractivity contribution is -0.133. The number of carbonyl (C=O) groups excluding carboxylic acids is 1. The van der Waals surface area contributed by atoms with Crippen LogP contribution in [0.1, 0.15) is 38.6 Å². The Morgan fingerprint density at radius 2 is 1.91 bits per heavy atom. The number of hydrogen-bond acceptors (Lipinski definition) is 5. The minimum absolute atomic E-state index is 0.0131. The lowest BCUT2D eigenvalue weighted by Crippen LogP contribution is -2.30.